The Hall–Kier alpha value is -4.82. The van der Waals surface area contributed by atoms with Gasteiger partial charge in [-0.15, -0.1) is 0 Å². The first kappa shape index (κ1) is 53.2. The van der Waals surface area contributed by atoms with Gasteiger partial charge in [-0.1, -0.05) is 38.5 Å². The average Bonchev–Trinajstić information content (AvgIpc) is 3.04. The lowest BCUT2D eigenvalue weighted by Gasteiger charge is -2.27. The van der Waals surface area contributed by atoms with Gasteiger partial charge in [0.1, 0.15) is 54.4 Å². The third-order valence-electron chi connectivity index (χ3n) is 7.93. The number of carbonyl (C=O) groups excluding carboxylic acids is 8. The van der Waals surface area contributed by atoms with Crippen LogP contribution in [0.25, 0.3) is 0 Å². The number of nitrogens with zero attached hydrogens (tertiary/aromatic N) is 2. The van der Waals surface area contributed by atoms with Gasteiger partial charge >= 0.3 is 23.9 Å². The van der Waals surface area contributed by atoms with Crippen molar-refractivity contribution in [3.63, 3.8) is 0 Å². The molecule has 1 aromatic carbocycles. The highest BCUT2D eigenvalue weighted by Crippen LogP contribution is 2.22. The molecule has 0 unspecified atom stereocenters. The second-order valence-corrected chi connectivity index (χ2v) is 19.0. The monoisotopic (exact) mass is 846 g/mol. The van der Waals surface area contributed by atoms with Crippen molar-refractivity contribution in [1.82, 2.24) is 9.80 Å². The van der Waals surface area contributed by atoms with Crippen molar-refractivity contribution >= 4 is 53.1 Å². The van der Waals surface area contributed by atoms with Crippen LogP contribution >= 0.6 is 0 Å². The number of unbranched alkanes of at least 4 members (excludes halogenated alkanes) is 7. The summed E-state index contributed by atoms with van der Waals surface area (Å²) in [6, 6.07) is 3.81. The summed E-state index contributed by atoms with van der Waals surface area (Å²) >= 11 is 0. The second kappa shape index (κ2) is 23.8. The van der Waals surface area contributed by atoms with Crippen molar-refractivity contribution in [2.45, 2.75) is 177 Å². The molecule has 0 aliphatic carbocycles. The molecular weight excluding hydrogens is 775 g/mol. The molecule has 0 saturated carbocycles. The highest BCUT2D eigenvalue weighted by Gasteiger charge is 2.31. The summed E-state index contributed by atoms with van der Waals surface area (Å²) in [4.78, 5) is 107. The molecule has 0 aromatic heterocycles. The Morgan fingerprint density at radius 1 is 0.450 bits per heavy atom. The molecule has 60 heavy (non-hydrogen) atoms. The molecule has 15 heteroatoms. The molecule has 15 nitrogen and oxygen atoms in total. The first-order valence-corrected chi connectivity index (χ1v) is 20.8. The van der Waals surface area contributed by atoms with Crippen LogP contribution in [0.3, 0.4) is 0 Å². The van der Waals surface area contributed by atoms with E-state index in [2.05, 4.69) is 5.32 Å². The van der Waals surface area contributed by atoms with E-state index in [0.717, 1.165) is 54.7 Å². The fraction of sp³-hybridized carbons (Fsp3) is 0.689. The van der Waals surface area contributed by atoms with Gasteiger partial charge in [-0.2, -0.15) is 0 Å². The number of nitrogens with one attached hydrogen (secondary N) is 1. The van der Waals surface area contributed by atoms with Crippen LogP contribution in [0.2, 0.25) is 0 Å². The van der Waals surface area contributed by atoms with Gasteiger partial charge in [0.2, 0.25) is 5.91 Å². The first-order chi connectivity index (χ1) is 27.4. The van der Waals surface area contributed by atoms with Gasteiger partial charge in [-0.05, 0) is 121 Å². The summed E-state index contributed by atoms with van der Waals surface area (Å²) in [5.74, 6) is -5.17. The Morgan fingerprint density at radius 3 is 1.02 bits per heavy atom. The van der Waals surface area contributed by atoms with Gasteiger partial charge in [0.05, 0.1) is 0 Å². The zero-order valence-corrected chi connectivity index (χ0v) is 38.4. The van der Waals surface area contributed by atoms with E-state index in [1.54, 1.807) is 90.0 Å². The minimum Gasteiger partial charge on any atom is -0.459 e. The maximum Gasteiger partial charge on any atom is 0.326 e. The Bertz CT molecular complexity index is 1500. The standard InChI is InChI=1S/C45H71N3O12/c1-31(49)22-20-18-16-14-15-17-19-21-23-35(50)46-34-25-32(40(55)47(27-36(51)57-42(2,3)4)28-37(52)58-43(5,6)7)24-33(26-34)41(56)48(29-38(53)59-44(8,9)10)30-39(54)60-45(11,12)13/h24-26H,14-23,27-30H2,1-13H3,(H,46,50). The van der Waals surface area contributed by atoms with Gasteiger partial charge in [0, 0.05) is 29.7 Å². The first-order valence-electron chi connectivity index (χ1n) is 20.8. The van der Waals surface area contributed by atoms with Gasteiger partial charge in [0.25, 0.3) is 11.8 Å². The third-order valence-corrected chi connectivity index (χ3v) is 7.93. The van der Waals surface area contributed by atoms with E-state index < -0.39 is 84.3 Å². The number of anilines is 1. The number of rotatable bonds is 22. The van der Waals surface area contributed by atoms with Crippen molar-refractivity contribution in [1.29, 1.82) is 0 Å². The molecule has 338 valence electrons. The number of ketones is 1. The predicted molar refractivity (Wildman–Crippen MR) is 227 cm³/mol. The lowest BCUT2D eigenvalue weighted by Crippen LogP contribution is -2.44. The zero-order valence-electron chi connectivity index (χ0n) is 38.4. The number of esters is 4. The third kappa shape index (κ3) is 25.0. The molecule has 0 spiro atoms. The minimum atomic E-state index is -0.913. The fourth-order valence-electron chi connectivity index (χ4n) is 5.77. The molecule has 0 aliphatic rings. The second-order valence-electron chi connectivity index (χ2n) is 19.0. The molecule has 1 rings (SSSR count). The summed E-state index contributed by atoms with van der Waals surface area (Å²) in [5.41, 5.74) is -3.99. The van der Waals surface area contributed by atoms with Crippen LogP contribution in [-0.4, -0.2) is 106 Å². The Labute approximate surface area is 356 Å². The quantitative estimate of drug-likeness (QED) is 0.0694. The van der Waals surface area contributed by atoms with Crippen molar-refractivity contribution in [2.24, 2.45) is 0 Å². The number of ether oxygens (including phenoxy) is 4. The molecule has 1 aromatic rings. The Morgan fingerprint density at radius 2 is 0.733 bits per heavy atom. The molecular formula is C45H71N3O12. The highest BCUT2D eigenvalue weighted by atomic mass is 16.6. The van der Waals surface area contributed by atoms with Crippen molar-refractivity contribution in [3.8, 4) is 0 Å². The van der Waals surface area contributed by atoms with Crippen LogP contribution in [0.4, 0.5) is 5.69 Å². The lowest BCUT2D eigenvalue weighted by molar-refractivity contribution is -0.160. The fourth-order valence-corrected chi connectivity index (χ4v) is 5.77. The molecule has 0 atom stereocenters. The normalized spacial score (nSPS) is 11.9. The largest absolute Gasteiger partial charge is 0.459 e. The molecule has 0 radical (unpaired) electrons. The number of hydrogen-bond acceptors (Lipinski definition) is 12. The van der Waals surface area contributed by atoms with Crippen LogP contribution in [0, 0.1) is 0 Å². The number of benzene rings is 1. The lowest BCUT2D eigenvalue weighted by atomic mass is 10.0. The topological polar surface area (TPSA) is 192 Å². The van der Waals surface area contributed by atoms with E-state index in [1.807, 2.05) is 0 Å². The smallest absolute Gasteiger partial charge is 0.326 e. The molecule has 0 heterocycles. The van der Waals surface area contributed by atoms with Gasteiger partial charge in [0.15, 0.2) is 0 Å². The number of carbonyl (C=O) groups is 8. The van der Waals surface area contributed by atoms with E-state index in [-0.39, 0.29) is 34.9 Å². The van der Waals surface area contributed by atoms with Crippen molar-refractivity contribution in [3.05, 3.63) is 29.3 Å². The van der Waals surface area contributed by atoms with Crippen LogP contribution in [0.5, 0.6) is 0 Å². The summed E-state index contributed by atoms with van der Waals surface area (Å²) in [6.45, 7) is 18.8. The zero-order chi connectivity index (χ0) is 46.1. The maximum absolute atomic E-state index is 14.3. The van der Waals surface area contributed by atoms with E-state index in [0.29, 0.717) is 12.8 Å². The molecule has 0 aliphatic heterocycles. The van der Waals surface area contributed by atoms with E-state index in [1.165, 1.54) is 18.2 Å². The molecule has 0 saturated heterocycles. The summed E-state index contributed by atoms with van der Waals surface area (Å²) in [7, 11) is 0. The minimum absolute atomic E-state index is 0.0451. The molecule has 0 fully saturated rings. The van der Waals surface area contributed by atoms with Crippen molar-refractivity contribution < 1.29 is 57.3 Å². The van der Waals surface area contributed by atoms with Gasteiger partial charge in [-0.3, -0.25) is 33.6 Å². The number of amides is 3. The predicted octanol–water partition coefficient (Wildman–Crippen LogP) is 7.37. The van der Waals surface area contributed by atoms with Crippen LogP contribution in [0.15, 0.2) is 18.2 Å². The van der Waals surface area contributed by atoms with Gasteiger partial charge in [-0.25, -0.2) is 0 Å². The van der Waals surface area contributed by atoms with Crippen molar-refractivity contribution in [2.75, 3.05) is 31.5 Å². The van der Waals surface area contributed by atoms with Crippen LogP contribution in [-0.2, 0) is 47.7 Å². The highest BCUT2D eigenvalue weighted by molar-refractivity contribution is 6.05. The summed E-state index contributed by atoms with van der Waals surface area (Å²) < 4.78 is 21.8. The van der Waals surface area contributed by atoms with E-state index in [4.69, 9.17) is 18.9 Å². The molecule has 0 bridgehead atoms. The Balaban J connectivity index is 3.58. The number of Topliss-reactive ketones (excluding diaryl/α,β-unsaturated/α-hetero) is 1. The van der Waals surface area contributed by atoms with Gasteiger partial charge < -0.3 is 38.9 Å². The maximum atomic E-state index is 14.3. The van der Waals surface area contributed by atoms with Crippen LogP contribution in [0.1, 0.15) is 175 Å². The number of hydrogen-bond donors (Lipinski definition) is 1. The van der Waals surface area contributed by atoms with E-state index >= 15 is 0 Å². The average molecular weight is 846 g/mol. The molecule has 1 N–H and O–H groups in total. The van der Waals surface area contributed by atoms with E-state index in [9.17, 15) is 38.4 Å². The summed E-state index contributed by atoms with van der Waals surface area (Å²) in [5, 5.41) is 2.76. The SMILES string of the molecule is CC(=O)CCCCCCCCCCC(=O)Nc1cc(C(=O)N(CC(=O)OC(C)(C)C)CC(=O)OC(C)(C)C)cc(C(=O)N(CC(=O)OC(C)(C)C)CC(=O)OC(C)(C)C)c1. The Kier molecular flexibility index (Phi) is 21.1. The summed E-state index contributed by atoms with van der Waals surface area (Å²) in [6.07, 6.45) is 8.06. The van der Waals surface area contributed by atoms with Crippen LogP contribution < -0.4 is 5.32 Å². The molecule has 3 amide bonds.